The van der Waals surface area contributed by atoms with Crippen LogP contribution in [0.5, 0.6) is 5.75 Å². The van der Waals surface area contributed by atoms with Gasteiger partial charge in [0.05, 0.1) is 30.7 Å². The lowest BCUT2D eigenvalue weighted by Gasteiger charge is -2.13. The van der Waals surface area contributed by atoms with Gasteiger partial charge in [-0.25, -0.2) is 9.98 Å². The van der Waals surface area contributed by atoms with Gasteiger partial charge in [-0.2, -0.15) is 0 Å². The minimum Gasteiger partial charge on any atom is -0.493 e. The second-order valence-corrected chi connectivity index (χ2v) is 7.49. The first-order chi connectivity index (χ1) is 14.2. The van der Waals surface area contributed by atoms with Crippen molar-refractivity contribution >= 4 is 41.0 Å². The van der Waals surface area contributed by atoms with Crippen LogP contribution in [0.4, 0.5) is 0 Å². The molecule has 160 valence electrons. The summed E-state index contributed by atoms with van der Waals surface area (Å²) in [5, 5.41) is 6.72. The van der Waals surface area contributed by atoms with E-state index in [9.17, 15) is 0 Å². The van der Waals surface area contributed by atoms with Crippen LogP contribution in [0.25, 0.3) is 11.0 Å². The molecule has 1 aromatic heterocycles. The minimum atomic E-state index is 0. The molecule has 2 N–H and O–H groups in total. The normalized spacial score (nSPS) is 13.7. The fraction of sp³-hybridized carbons (Fsp3) is 0.391. The number of rotatable bonds is 8. The predicted octanol–water partition coefficient (Wildman–Crippen LogP) is 4.24. The van der Waals surface area contributed by atoms with E-state index in [0.717, 1.165) is 53.2 Å². The fourth-order valence-electron chi connectivity index (χ4n) is 3.29. The van der Waals surface area contributed by atoms with Crippen molar-refractivity contribution in [1.82, 2.24) is 20.2 Å². The predicted molar refractivity (Wildman–Crippen MR) is 132 cm³/mol. The van der Waals surface area contributed by atoms with E-state index in [2.05, 4.69) is 34.3 Å². The number of ether oxygens (including phenoxy) is 1. The smallest absolute Gasteiger partial charge is 0.191 e. The molecule has 6 nitrogen and oxygen atoms in total. The quantitative estimate of drug-likeness (QED) is 0.266. The molecule has 0 unspecified atom stereocenters. The van der Waals surface area contributed by atoms with E-state index in [1.54, 1.807) is 0 Å². The van der Waals surface area contributed by atoms with Gasteiger partial charge in [0.15, 0.2) is 5.96 Å². The number of imidazole rings is 1. The van der Waals surface area contributed by atoms with Gasteiger partial charge in [-0.3, -0.25) is 0 Å². The van der Waals surface area contributed by atoms with E-state index in [1.807, 2.05) is 43.4 Å². The van der Waals surface area contributed by atoms with Crippen molar-refractivity contribution in [3.05, 3.63) is 59.9 Å². The molecule has 2 aromatic carbocycles. The summed E-state index contributed by atoms with van der Waals surface area (Å²) in [7, 11) is 2.05. The molecule has 0 spiro atoms. The molecule has 0 bridgehead atoms. The topological polar surface area (TPSA) is 63.5 Å². The van der Waals surface area contributed by atoms with Crippen molar-refractivity contribution in [3.8, 4) is 5.75 Å². The second kappa shape index (κ2) is 10.7. The number of aromatic nitrogens is 2. The Bertz CT molecular complexity index is 996. The minimum absolute atomic E-state index is 0. The number of hydrogen-bond acceptors (Lipinski definition) is 3. The van der Waals surface area contributed by atoms with Crippen molar-refractivity contribution in [3.63, 3.8) is 0 Å². The molecule has 7 heteroatoms. The van der Waals surface area contributed by atoms with E-state index >= 15 is 0 Å². The van der Waals surface area contributed by atoms with Gasteiger partial charge in [0.25, 0.3) is 0 Å². The zero-order valence-electron chi connectivity index (χ0n) is 17.6. The first-order valence-electron chi connectivity index (χ1n) is 10.4. The zero-order valence-corrected chi connectivity index (χ0v) is 19.9. The molecule has 0 amide bonds. The van der Waals surface area contributed by atoms with E-state index in [4.69, 9.17) is 14.7 Å². The largest absolute Gasteiger partial charge is 0.493 e. The molecular weight excluding hydrogens is 489 g/mol. The number of hydrogen-bond donors (Lipinski definition) is 2. The molecule has 1 saturated carbocycles. The summed E-state index contributed by atoms with van der Waals surface area (Å²) in [4.78, 5) is 9.48. The SMILES string of the molecule is CCNC(=NCc1ccccc1OCC1CC1)NCc1nc2ccccc2n1C.I. The Morgan fingerprint density at radius 3 is 2.67 bits per heavy atom. The molecule has 1 aliphatic carbocycles. The summed E-state index contributed by atoms with van der Waals surface area (Å²) in [6.45, 7) is 4.86. The summed E-state index contributed by atoms with van der Waals surface area (Å²) < 4.78 is 8.13. The van der Waals surface area contributed by atoms with Crippen LogP contribution in [0.15, 0.2) is 53.5 Å². The lowest BCUT2D eigenvalue weighted by Crippen LogP contribution is -2.37. The third-order valence-electron chi connectivity index (χ3n) is 5.19. The molecular formula is C23H30IN5O. The van der Waals surface area contributed by atoms with Gasteiger partial charge in [-0.15, -0.1) is 24.0 Å². The van der Waals surface area contributed by atoms with Crippen LogP contribution in [-0.4, -0.2) is 28.7 Å². The number of guanidine groups is 1. The molecule has 1 heterocycles. The summed E-state index contributed by atoms with van der Waals surface area (Å²) in [6.07, 6.45) is 2.58. The van der Waals surface area contributed by atoms with Crippen LogP contribution >= 0.6 is 24.0 Å². The maximum absolute atomic E-state index is 6.01. The van der Waals surface area contributed by atoms with Crippen molar-refractivity contribution in [1.29, 1.82) is 0 Å². The van der Waals surface area contributed by atoms with Crippen LogP contribution in [0.3, 0.4) is 0 Å². The Balaban J connectivity index is 0.00000256. The molecule has 1 fully saturated rings. The summed E-state index contributed by atoms with van der Waals surface area (Å²) >= 11 is 0. The van der Waals surface area contributed by atoms with Gasteiger partial charge in [-0.05, 0) is 43.9 Å². The third-order valence-corrected chi connectivity index (χ3v) is 5.19. The molecule has 0 atom stereocenters. The van der Waals surface area contributed by atoms with Crippen molar-refractivity contribution in [2.75, 3.05) is 13.2 Å². The first kappa shape index (κ1) is 22.4. The average Bonchev–Trinajstić information content (AvgIpc) is 3.52. The van der Waals surface area contributed by atoms with Gasteiger partial charge in [-0.1, -0.05) is 30.3 Å². The Morgan fingerprint density at radius 2 is 1.90 bits per heavy atom. The molecule has 30 heavy (non-hydrogen) atoms. The molecule has 3 aromatic rings. The highest BCUT2D eigenvalue weighted by atomic mass is 127. The Hall–Kier alpha value is -2.29. The molecule has 0 radical (unpaired) electrons. The van der Waals surface area contributed by atoms with Gasteiger partial charge < -0.3 is 19.9 Å². The number of aliphatic imine (C=N–C) groups is 1. The number of nitrogens with zero attached hydrogens (tertiary/aromatic N) is 3. The van der Waals surface area contributed by atoms with Gasteiger partial charge in [0.2, 0.25) is 0 Å². The van der Waals surface area contributed by atoms with E-state index in [1.165, 1.54) is 12.8 Å². The maximum Gasteiger partial charge on any atom is 0.191 e. The number of aryl methyl sites for hydroxylation is 1. The van der Waals surface area contributed by atoms with Crippen LogP contribution in [0.2, 0.25) is 0 Å². The van der Waals surface area contributed by atoms with E-state index in [-0.39, 0.29) is 24.0 Å². The van der Waals surface area contributed by atoms with Crippen LogP contribution in [0, 0.1) is 5.92 Å². The number of para-hydroxylation sites is 3. The van der Waals surface area contributed by atoms with Crippen LogP contribution < -0.4 is 15.4 Å². The zero-order chi connectivity index (χ0) is 20.1. The van der Waals surface area contributed by atoms with Crippen LogP contribution in [0.1, 0.15) is 31.2 Å². The number of halogens is 1. The highest BCUT2D eigenvalue weighted by molar-refractivity contribution is 14.0. The lowest BCUT2D eigenvalue weighted by molar-refractivity contribution is 0.297. The van der Waals surface area contributed by atoms with Gasteiger partial charge in [0.1, 0.15) is 11.6 Å². The molecule has 0 aliphatic heterocycles. The van der Waals surface area contributed by atoms with E-state index < -0.39 is 0 Å². The lowest BCUT2D eigenvalue weighted by atomic mass is 10.2. The van der Waals surface area contributed by atoms with Gasteiger partial charge >= 0.3 is 0 Å². The first-order valence-corrected chi connectivity index (χ1v) is 10.4. The highest BCUT2D eigenvalue weighted by Gasteiger charge is 2.22. The average molecular weight is 519 g/mol. The number of fused-ring (bicyclic) bond motifs is 1. The van der Waals surface area contributed by atoms with Crippen molar-refractivity contribution in [2.24, 2.45) is 18.0 Å². The monoisotopic (exact) mass is 519 g/mol. The van der Waals surface area contributed by atoms with Gasteiger partial charge in [0, 0.05) is 19.2 Å². The fourth-order valence-corrected chi connectivity index (χ4v) is 3.29. The molecule has 4 rings (SSSR count). The Kier molecular flexibility index (Phi) is 7.95. The standard InChI is InChI=1S/C23H29N5O.HI/c1-3-24-23(26-15-22-27-19-9-5-6-10-20(19)28(22)2)25-14-18-8-4-7-11-21(18)29-16-17-12-13-17;/h4-11,17H,3,12-16H2,1-2H3,(H2,24,25,26);1H. The Labute approximate surface area is 195 Å². The van der Waals surface area contributed by atoms with Crippen LogP contribution in [-0.2, 0) is 20.1 Å². The highest BCUT2D eigenvalue weighted by Crippen LogP contribution is 2.30. The molecule has 1 aliphatic rings. The second-order valence-electron chi connectivity index (χ2n) is 7.49. The van der Waals surface area contributed by atoms with E-state index in [0.29, 0.717) is 13.1 Å². The Morgan fingerprint density at radius 1 is 1.13 bits per heavy atom. The summed E-state index contributed by atoms with van der Waals surface area (Å²) in [5.41, 5.74) is 3.25. The number of benzene rings is 2. The van der Waals surface area contributed by atoms with Crippen molar-refractivity contribution < 1.29 is 4.74 Å². The third kappa shape index (κ3) is 5.65. The number of nitrogens with one attached hydrogen (secondary N) is 2. The molecule has 0 saturated heterocycles. The van der Waals surface area contributed by atoms with Crippen molar-refractivity contribution in [2.45, 2.75) is 32.9 Å². The summed E-state index contributed by atoms with van der Waals surface area (Å²) in [6, 6.07) is 16.4. The summed E-state index contributed by atoms with van der Waals surface area (Å²) in [5.74, 6) is 3.43. The maximum atomic E-state index is 6.01.